The van der Waals surface area contributed by atoms with Crippen LogP contribution in [0.5, 0.6) is 11.5 Å². The van der Waals surface area contributed by atoms with E-state index in [1.165, 1.54) is 5.56 Å². The van der Waals surface area contributed by atoms with Crippen LogP contribution in [0.15, 0.2) is 18.3 Å². The highest BCUT2D eigenvalue weighted by atomic mass is 16.6. The summed E-state index contributed by atoms with van der Waals surface area (Å²) in [5.74, 6) is 1.57. The summed E-state index contributed by atoms with van der Waals surface area (Å²) >= 11 is 0. The molecule has 1 aromatic carbocycles. The molecule has 0 unspecified atom stereocenters. The van der Waals surface area contributed by atoms with E-state index in [1.807, 2.05) is 12.1 Å². The highest BCUT2D eigenvalue weighted by Crippen LogP contribution is 2.34. The van der Waals surface area contributed by atoms with Crippen molar-refractivity contribution >= 4 is 10.9 Å². The van der Waals surface area contributed by atoms with E-state index in [1.54, 1.807) is 6.20 Å². The van der Waals surface area contributed by atoms with E-state index in [2.05, 4.69) is 17.1 Å². The molecule has 4 heteroatoms. The van der Waals surface area contributed by atoms with Crippen LogP contribution in [0.2, 0.25) is 0 Å². The predicted octanol–water partition coefficient (Wildman–Crippen LogP) is 1.96. The topological polar surface area (TPSA) is 44.2 Å². The molecule has 0 amide bonds. The molecular weight excluding hydrogens is 204 g/mol. The number of ether oxygens (including phenoxy) is 2. The summed E-state index contributed by atoms with van der Waals surface area (Å²) in [7, 11) is 0. The molecule has 1 aliphatic rings. The van der Waals surface area contributed by atoms with Crippen LogP contribution in [-0.4, -0.2) is 23.4 Å². The van der Waals surface area contributed by atoms with Crippen molar-refractivity contribution in [1.82, 2.24) is 10.2 Å². The molecule has 0 fully saturated rings. The Balaban J connectivity index is 2.27. The van der Waals surface area contributed by atoms with Crippen LogP contribution in [0.25, 0.3) is 10.9 Å². The number of hydrogen-bond acceptors (Lipinski definition) is 4. The zero-order valence-electron chi connectivity index (χ0n) is 9.06. The van der Waals surface area contributed by atoms with E-state index in [-0.39, 0.29) is 0 Å². The van der Waals surface area contributed by atoms with E-state index in [0.29, 0.717) is 13.2 Å². The zero-order chi connectivity index (χ0) is 11.0. The van der Waals surface area contributed by atoms with Crippen LogP contribution in [-0.2, 0) is 6.42 Å². The van der Waals surface area contributed by atoms with Gasteiger partial charge in [0, 0.05) is 11.5 Å². The Kier molecular flexibility index (Phi) is 2.13. The second kappa shape index (κ2) is 3.63. The zero-order valence-corrected chi connectivity index (χ0v) is 9.06. The lowest BCUT2D eigenvalue weighted by Gasteiger charge is -2.18. The van der Waals surface area contributed by atoms with E-state index in [4.69, 9.17) is 9.47 Å². The minimum absolute atomic E-state index is 0.597. The van der Waals surface area contributed by atoms with Crippen molar-refractivity contribution in [3.05, 3.63) is 23.9 Å². The molecule has 2 heterocycles. The number of benzene rings is 1. The van der Waals surface area contributed by atoms with E-state index < -0.39 is 0 Å². The quantitative estimate of drug-likeness (QED) is 0.731. The van der Waals surface area contributed by atoms with Gasteiger partial charge in [0.1, 0.15) is 13.2 Å². The highest BCUT2D eigenvalue weighted by Gasteiger charge is 2.14. The largest absolute Gasteiger partial charge is 0.486 e. The summed E-state index contributed by atoms with van der Waals surface area (Å²) in [4.78, 5) is 0. The number of fused-ring (bicyclic) bond motifs is 2. The molecule has 0 atom stereocenters. The monoisotopic (exact) mass is 216 g/mol. The Hall–Kier alpha value is -1.84. The van der Waals surface area contributed by atoms with Gasteiger partial charge in [-0.15, -0.1) is 0 Å². The molecule has 1 aliphatic heterocycles. The van der Waals surface area contributed by atoms with Crippen molar-refractivity contribution < 1.29 is 9.47 Å². The first kappa shape index (κ1) is 9.39. The summed E-state index contributed by atoms with van der Waals surface area (Å²) in [6.45, 7) is 3.31. The molecule has 0 spiro atoms. The molecule has 0 bridgehead atoms. The van der Waals surface area contributed by atoms with Crippen molar-refractivity contribution in [2.24, 2.45) is 0 Å². The van der Waals surface area contributed by atoms with Gasteiger partial charge in [-0.25, -0.2) is 0 Å². The third-order valence-corrected chi connectivity index (χ3v) is 2.77. The van der Waals surface area contributed by atoms with Crippen LogP contribution in [0.4, 0.5) is 0 Å². The Labute approximate surface area is 93.2 Å². The van der Waals surface area contributed by atoms with Gasteiger partial charge >= 0.3 is 0 Å². The Morgan fingerprint density at radius 2 is 1.94 bits per heavy atom. The van der Waals surface area contributed by atoms with Crippen LogP contribution >= 0.6 is 0 Å². The number of rotatable bonds is 1. The third kappa shape index (κ3) is 1.38. The van der Waals surface area contributed by atoms with Crippen LogP contribution in [0.3, 0.4) is 0 Å². The maximum atomic E-state index is 5.56. The van der Waals surface area contributed by atoms with Gasteiger partial charge in [-0.1, -0.05) is 6.92 Å². The van der Waals surface area contributed by atoms with Gasteiger partial charge in [-0.3, -0.25) is 0 Å². The van der Waals surface area contributed by atoms with Crippen LogP contribution < -0.4 is 9.47 Å². The average Bonchev–Trinajstić information content (AvgIpc) is 2.35. The molecule has 0 saturated carbocycles. The first-order valence-electron chi connectivity index (χ1n) is 5.42. The minimum atomic E-state index is 0.597. The molecule has 0 aliphatic carbocycles. The fourth-order valence-corrected chi connectivity index (χ4v) is 1.93. The molecule has 0 N–H and O–H groups in total. The number of aromatic nitrogens is 2. The molecule has 0 radical (unpaired) electrons. The van der Waals surface area contributed by atoms with Crippen molar-refractivity contribution in [3.8, 4) is 11.5 Å². The summed E-state index contributed by atoms with van der Waals surface area (Å²) < 4.78 is 11.1. The normalized spacial score (nSPS) is 14.1. The second-order valence-corrected chi connectivity index (χ2v) is 3.74. The molecule has 2 aromatic rings. The fraction of sp³-hybridized carbons (Fsp3) is 0.333. The highest BCUT2D eigenvalue weighted by molar-refractivity contribution is 5.85. The molecule has 3 rings (SSSR count). The minimum Gasteiger partial charge on any atom is -0.486 e. The van der Waals surface area contributed by atoms with Crippen LogP contribution in [0, 0.1) is 0 Å². The first-order chi connectivity index (χ1) is 7.88. The summed E-state index contributed by atoms with van der Waals surface area (Å²) in [5.41, 5.74) is 2.05. The summed E-state index contributed by atoms with van der Waals surface area (Å²) in [5, 5.41) is 9.20. The van der Waals surface area contributed by atoms with Gasteiger partial charge in [0.05, 0.1) is 11.7 Å². The van der Waals surface area contributed by atoms with Gasteiger partial charge in [-0.05, 0) is 18.1 Å². The van der Waals surface area contributed by atoms with Crippen molar-refractivity contribution in [3.63, 3.8) is 0 Å². The predicted molar refractivity (Wildman–Crippen MR) is 59.9 cm³/mol. The van der Waals surface area contributed by atoms with E-state index in [0.717, 1.165) is 28.8 Å². The van der Waals surface area contributed by atoms with Gasteiger partial charge in [0.25, 0.3) is 0 Å². The van der Waals surface area contributed by atoms with Gasteiger partial charge in [-0.2, -0.15) is 10.2 Å². The summed E-state index contributed by atoms with van der Waals surface area (Å²) in [6.07, 6.45) is 2.74. The SMILES string of the molecule is CCc1cnnc2cc3c(cc12)OCCO3. The number of hydrogen-bond donors (Lipinski definition) is 0. The lowest BCUT2D eigenvalue weighted by atomic mass is 10.1. The lowest BCUT2D eigenvalue weighted by molar-refractivity contribution is 0.172. The Bertz CT molecular complexity index is 540. The van der Waals surface area contributed by atoms with Crippen LogP contribution in [0.1, 0.15) is 12.5 Å². The van der Waals surface area contributed by atoms with E-state index in [9.17, 15) is 0 Å². The fourth-order valence-electron chi connectivity index (χ4n) is 1.93. The molecule has 82 valence electrons. The van der Waals surface area contributed by atoms with Crippen molar-refractivity contribution in [2.75, 3.05) is 13.2 Å². The van der Waals surface area contributed by atoms with Crippen molar-refractivity contribution in [2.45, 2.75) is 13.3 Å². The standard InChI is InChI=1S/C12H12N2O2/c1-2-8-7-13-14-10-6-12-11(5-9(8)10)15-3-4-16-12/h5-7H,2-4H2,1H3. The molecule has 16 heavy (non-hydrogen) atoms. The number of aryl methyl sites for hydroxylation is 1. The summed E-state index contributed by atoms with van der Waals surface area (Å²) in [6, 6.07) is 3.90. The smallest absolute Gasteiger partial charge is 0.163 e. The van der Waals surface area contributed by atoms with Gasteiger partial charge < -0.3 is 9.47 Å². The van der Waals surface area contributed by atoms with Gasteiger partial charge in [0.2, 0.25) is 0 Å². The number of nitrogens with zero attached hydrogens (tertiary/aromatic N) is 2. The molecule has 4 nitrogen and oxygen atoms in total. The average molecular weight is 216 g/mol. The Morgan fingerprint density at radius 3 is 2.69 bits per heavy atom. The third-order valence-electron chi connectivity index (χ3n) is 2.77. The van der Waals surface area contributed by atoms with Gasteiger partial charge in [0.15, 0.2) is 11.5 Å². The first-order valence-corrected chi connectivity index (χ1v) is 5.42. The lowest BCUT2D eigenvalue weighted by Crippen LogP contribution is -2.15. The van der Waals surface area contributed by atoms with Crippen molar-refractivity contribution in [1.29, 1.82) is 0 Å². The second-order valence-electron chi connectivity index (χ2n) is 3.74. The Morgan fingerprint density at radius 1 is 1.19 bits per heavy atom. The maximum absolute atomic E-state index is 5.56. The van der Waals surface area contributed by atoms with E-state index >= 15 is 0 Å². The maximum Gasteiger partial charge on any atom is 0.163 e. The molecular formula is C12H12N2O2. The molecule has 1 aromatic heterocycles. The molecule has 0 saturated heterocycles.